The van der Waals surface area contributed by atoms with Gasteiger partial charge in [-0.05, 0) is 49.4 Å². The Balaban J connectivity index is 1.44. The van der Waals surface area contributed by atoms with Crippen molar-refractivity contribution in [3.05, 3.63) is 65.9 Å². The van der Waals surface area contributed by atoms with Crippen LogP contribution in [0, 0.1) is 12.8 Å². The minimum absolute atomic E-state index is 0.00429. The molecule has 0 spiro atoms. The van der Waals surface area contributed by atoms with E-state index in [2.05, 4.69) is 27.1 Å². The van der Waals surface area contributed by atoms with Gasteiger partial charge in [-0.25, -0.2) is 9.97 Å². The average Bonchev–Trinajstić information content (AvgIpc) is 3.09. The Morgan fingerprint density at radius 2 is 2.12 bits per heavy atom. The Bertz CT molecular complexity index is 924. The summed E-state index contributed by atoms with van der Waals surface area (Å²) in [6.45, 7) is 3.36. The number of carbonyl (C=O) groups excluding carboxylic acids is 1. The van der Waals surface area contributed by atoms with Crippen LogP contribution in [0.5, 0.6) is 0 Å². The summed E-state index contributed by atoms with van der Waals surface area (Å²) in [5.41, 5.74) is 2.74. The molecular formula is C20H20N4O. The molecular weight excluding hydrogens is 312 g/mol. The third-order valence-electron chi connectivity index (χ3n) is 4.74. The summed E-state index contributed by atoms with van der Waals surface area (Å²) in [7, 11) is 0. The van der Waals surface area contributed by atoms with Crippen molar-refractivity contribution in [3.63, 3.8) is 0 Å². The lowest BCUT2D eigenvalue weighted by atomic mass is 9.99. The van der Waals surface area contributed by atoms with Crippen LogP contribution in [0.3, 0.4) is 0 Å². The molecule has 0 radical (unpaired) electrons. The van der Waals surface area contributed by atoms with Gasteiger partial charge in [0.25, 0.3) is 5.91 Å². The lowest BCUT2D eigenvalue weighted by Gasteiger charge is -2.16. The van der Waals surface area contributed by atoms with Gasteiger partial charge in [-0.1, -0.05) is 18.2 Å². The van der Waals surface area contributed by atoms with E-state index >= 15 is 0 Å². The smallest absolute Gasteiger partial charge is 0.272 e. The first-order chi connectivity index (χ1) is 12.2. The van der Waals surface area contributed by atoms with Gasteiger partial charge in [-0.2, -0.15) is 0 Å². The predicted octanol–water partition coefficient (Wildman–Crippen LogP) is 3.04. The van der Waals surface area contributed by atoms with Crippen molar-refractivity contribution < 1.29 is 4.79 Å². The van der Waals surface area contributed by atoms with E-state index in [0.29, 0.717) is 17.4 Å². The number of benzene rings is 1. The highest BCUT2D eigenvalue weighted by atomic mass is 16.2. The number of aryl methyl sites for hydroxylation is 1. The maximum Gasteiger partial charge on any atom is 0.272 e. The number of carbonyl (C=O) groups is 1. The highest BCUT2D eigenvalue weighted by molar-refractivity contribution is 5.92. The topological polar surface area (TPSA) is 59.0 Å². The molecule has 0 bridgehead atoms. The SMILES string of the molecule is Cc1nccc(C(=O)N2CC[C@@H](Cc3cnc4ccccc4c3)C2)n1. The summed E-state index contributed by atoms with van der Waals surface area (Å²) in [5.74, 6) is 1.10. The van der Waals surface area contributed by atoms with E-state index in [1.165, 1.54) is 10.9 Å². The van der Waals surface area contributed by atoms with Gasteiger partial charge in [0.15, 0.2) is 0 Å². The van der Waals surface area contributed by atoms with E-state index in [-0.39, 0.29) is 5.91 Å². The van der Waals surface area contributed by atoms with Gasteiger partial charge in [0, 0.05) is 30.9 Å². The van der Waals surface area contributed by atoms with E-state index in [9.17, 15) is 4.79 Å². The van der Waals surface area contributed by atoms with E-state index in [0.717, 1.165) is 31.4 Å². The molecule has 1 amide bonds. The number of para-hydroxylation sites is 1. The maximum atomic E-state index is 12.6. The molecule has 1 aliphatic heterocycles. The monoisotopic (exact) mass is 332 g/mol. The molecule has 1 aliphatic rings. The number of likely N-dealkylation sites (tertiary alicyclic amines) is 1. The predicted molar refractivity (Wildman–Crippen MR) is 96.2 cm³/mol. The number of hydrogen-bond donors (Lipinski definition) is 0. The van der Waals surface area contributed by atoms with Gasteiger partial charge in [0.2, 0.25) is 0 Å². The maximum absolute atomic E-state index is 12.6. The van der Waals surface area contributed by atoms with Gasteiger partial charge in [-0.3, -0.25) is 9.78 Å². The standard InChI is InChI=1S/C20H20N4O/c1-14-21-8-6-19(23-14)20(25)24-9-7-15(13-24)10-16-11-17-4-2-3-5-18(17)22-12-16/h2-6,8,11-12,15H,7,9-10,13H2,1H3/t15-/m0/s1. The number of nitrogens with zero attached hydrogens (tertiary/aromatic N) is 4. The lowest BCUT2D eigenvalue weighted by Crippen LogP contribution is -2.29. The summed E-state index contributed by atoms with van der Waals surface area (Å²) in [6, 6.07) is 12.1. The molecule has 0 unspecified atom stereocenters. The number of hydrogen-bond acceptors (Lipinski definition) is 4. The van der Waals surface area contributed by atoms with Crippen molar-refractivity contribution in [2.24, 2.45) is 5.92 Å². The molecule has 1 fully saturated rings. The van der Waals surface area contributed by atoms with E-state index in [4.69, 9.17) is 0 Å². The van der Waals surface area contributed by atoms with Crippen LogP contribution < -0.4 is 0 Å². The first kappa shape index (κ1) is 15.7. The molecule has 126 valence electrons. The fraction of sp³-hybridized carbons (Fsp3) is 0.300. The largest absolute Gasteiger partial charge is 0.337 e. The molecule has 0 aliphatic carbocycles. The van der Waals surface area contributed by atoms with Gasteiger partial charge in [0.1, 0.15) is 11.5 Å². The molecule has 0 saturated carbocycles. The Morgan fingerprint density at radius 3 is 3.00 bits per heavy atom. The van der Waals surface area contributed by atoms with Gasteiger partial charge in [0.05, 0.1) is 5.52 Å². The van der Waals surface area contributed by atoms with Crippen LogP contribution in [-0.4, -0.2) is 38.8 Å². The first-order valence-corrected chi connectivity index (χ1v) is 8.61. The van der Waals surface area contributed by atoms with Crippen LogP contribution >= 0.6 is 0 Å². The van der Waals surface area contributed by atoms with Crippen LogP contribution in [0.2, 0.25) is 0 Å². The van der Waals surface area contributed by atoms with Crippen LogP contribution in [0.4, 0.5) is 0 Å². The summed E-state index contributed by atoms with van der Waals surface area (Å²) >= 11 is 0. The molecule has 4 rings (SSSR count). The highest BCUT2D eigenvalue weighted by Crippen LogP contribution is 2.23. The molecule has 3 aromatic rings. The Kier molecular flexibility index (Phi) is 4.14. The van der Waals surface area contributed by atoms with Crippen molar-refractivity contribution in [2.45, 2.75) is 19.8 Å². The molecule has 5 nitrogen and oxygen atoms in total. The number of aromatic nitrogens is 3. The third kappa shape index (κ3) is 3.36. The summed E-state index contributed by atoms with van der Waals surface area (Å²) in [4.78, 5) is 27.3. The quantitative estimate of drug-likeness (QED) is 0.740. The molecule has 0 N–H and O–H groups in total. The van der Waals surface area contributed by atoms with Crippen LogP contribution in [0.15, 0.2) is 48.8 Å². The fourth-order valence-corrected chi connectivity index (χ4v) is 3.48. The zero-order valence-electron chi connectivity index (χ0n) is 14.2. The Hall–Kier alpha value is -2.82. The molecule has 1 atom stereocenters. The molecule has 25 heavy (non-hydrogen) atoms. The first-order valence-electron chi connectivity index (χ1n) is 8.61. The molecule has 1 aromatic carbocycles. The van der Waals surface area contributed by atoms with E-state index < -0.39 is 0 Å². The summed E-state index contributed by atoms with van der Waals surface area (Å²) < 4.78 is 0. The second-order valence-corrected chi connectivity index (χ2v) is 6.64. The fourth-order valence-electron chi connectivity index (χ4n) is 3.48. The zero-order valence-corrected chi connectivity index (χ0v) is 14.2. The van der Waals surface area contributed by atoms with Crippen LogP contribution in [-0.2, 0) is 6.42 Å². The van der Waals surface area contributed by atoms with Crippen LogP contribution in [0.1, 0.15) is 28.3 Å². The second-order valence-electron chi connectivity index (χ2n) is 6.64. The minimum Gasteiger partial charge on any atom is -0.337 e. The van der Waals surface area contributed by atoms with Gasteiger partial charge in [-0.15, -0.1) is 0 Å². The lowest BCUT2D eigenvalue weighted by molar-refractivity contribution is 0.0781. The third-order valence-corrected chi connectivity index (χ3v) is 4.74. The summed E-state index contributed by atoms with van der Waals surface area (Å²) in [5, 5.41) is 1.17. The highest BCUT2D eigenvalue weighted by Gasteiger charge is 2.27. The van der Waals surface area contributed by atoms with Crippen molar-refractivity contribution >= 4 is 16.8 Å². The second kappa shape index (κ2) is 6.59. The number of pyridine rings is 1. The Labute approximate surface area is 146 Å². The Morgan fingerprint density at radius 1 is 1.24 bits per heavy atom. The molecule has 5 heteroatoms. The summed E-state index contributed by atoms with van der Waals surface area (Å²) in [6.07, 6.45) is 5.57. The zero-order chi connectivity index (χ0) is 17.2. The van der Waals surface area contributed by atoms with Crippen molar-refractivity contribution in [2.75, 3.05) is 13.1 Å². The normalized spacial score (nSPS) is 17.2. The van der Waals surface area contributed by atoms with Crippen molar-refractivity contribution in [3.8, 4) is 0 Å². The van der Waals surface area contributed by atoms with Crippen LogP contribution in [0.25, 0.3) is 10.9 Å². The van der Waals surface area contributed by atoms with Gasteiger partial charge < -0.3 is 4.90 Å². The molecule has 3 heterocycles. The van der Waals surface area contributed by atoms with E-state index in [1.54, 1.807) is 19.2 Å². The van der Waals surface area contributed by atoms with E-state index in [1.807, 2.05) is 29.3 Å². The molecule has 1 saturated heterocycles. The van der Waals surface area contributed by atoms with Crippen molar-refractivity contribution in [1.82, 2.24) is 19.9 Å². The van der Waals surface area contributed by atoms with Crippen molar-refractivity contribution in [1.29, 1.82) is 0 Å². The number of fused-ring (bicyclic) bond motifs is 1. The van der Waals surface area contributed by atoms with Gasteiger partial charge >= 0.3 is 0 Å². The molecule has 2 aromatic heterocycles. The number of rotatable bonds is 3. The number of amides is 1. The average molecular weight is 332 g/mol. The minimum atomic E-state index is 0.00429.